The van der Waals surface area contributed by atoms with Gasteiger partial charge in [0.15, 0.2) is 6.10 Å². The van der Waals surface area contributed by atoms with Crippen LogP contribution in [0.5, 0.6) is 0 Å². The van der Waals surface area contributed by atoms with Crippen molar-refractivity contribution in [1.29, 1.82) is 0 Å². The minimum Gasteiger partial charge on any atom is -0.462 e. The second-order valence-corrected chi connectivity index (χ2v) is 21.8. The monoisotopic (exact) mass is 961 g/mol. The highest BCUT2D eigenvalue weighted by Gasteiger charge is 2.19. The van der Waals surface area contributed by atoms with E-state index in [2.05, 4.69) is 34.6 Å². The zero-order valence-corrected chi connectivity index (χ0v) is 46.7. The van der Waals surface area contributed by atoms with Crippen LogP contribution in [0.3, 0.4) is 0 Å². The summed E-state index contributed by atoms with van der Waals surface area (Å²) in [6, 6.07) is 0. The third kappa shape index (κ3) is 52.2. The summed E-state index contributed by atoms with van der Waals surface area (Å²) in [6.07, 6.45) is 59.4. The first kappa shape index (κ1) is 66.4. The number of rotatable bonds is 56. The Morgan fingerprint density at radius 3 is 0.765 bits per heavy atom. The molecule has 0 aromatic rings. The number of esters is 3. The number of hydrogen-bond acceptors (Lipinski definition) is 6. The predicted octanol–water partition coefficient (Wildman–Crippen LogP) is 20.4. The maximum atomic E-state index is 12.9. The van der Waals surface area contributed by atoms with Crippen LogP contribution in [0.2, 0.25) is 0 Å². The molecule has 0 saturated heterocycles. The van der Waals surface area contributed by atoms with E-state index in [1.54, 1.807) is 0 Å². The predicted molar refractivity (Wildman–Crippen MR) is 293 cm³/mol. The number of ether oxygens (including phenoxy) is 3. The van der Waals surface area contributed by atoms with Gasteiger partial charge >= 0.3 is 17.9 Å². The summed E-state index contributed by atoms with van der Waals surface area (Å²) in [5, 5.41) is 0. The molecule has 0 aliphatic heterocycles. The molecule has 0 bridgehead atoms. The van der Waals surface area contributed by atoms with Crippen LogP contribution in [0.4, 0.5) is 0 Å². The summed E-state index contributed by atoms with van der Waals surface area (Å²) < 4.78 is 16.9. The van der Waals surface area contributed by atoms with E-state index < -0.39 is 6.10 Å². The minimum absolute atomic E-state index is 0.0624. The van der Waals surface area contributed by atoms with Crippen LogP contribution in [0.15, 0.2) is 0 Å². The molecule has 0 heterocycles. The van der Waals surface area contributed by atoms with E-state index in [0.717, 1.165) is 69.6 Å². The van der Waals surface area contributed by atoms with Gasteiger partial charge in [-0.3, -0.25) is 14.4 Å². The fourth-order valence-corrected chi connectivity index (χ4v) is 9.52. The van der Waals surface area contributed by atoms with Gasteiger partial charge < -0.3 is 14.2 Å². The van der Waals surface area contributed by atoms with Crippen molar-refractivity contribution in [3.63, 3.8) is 0 Å². The summed E-state index contributed by atoms with van der Waals surface area (Å²) in [4.78, 5) is 38.2. The van der Waals surface area contributed by atoms with Crippen LogP contribution in [0, 0.1) is 11.8 Å². The highest BCUT2D eigenvalue weighted by molar-refractivity contribution is 5.71. The van der Waals surface area contributed by atoms with Crippen molar-refractivity contribution in [3.05, 3.63) is 0 Å². The van der Waals surface area contributed by atoms with Crippen LogP contribution >= 0.6 is 0 Å². The van der Waals surface area contributed by atoms with Gasteiger partial charge in [0, 0.05) is 19.3 Å². The lowest BCUT2D eigenvalue weighted by Crippen LogP contribution is -2.30. The maximum absolute atomic E-state index is 12.9. The van der Waals surface area contributed by atoms with Gasteiger partial charge in [0.1, 0.15) is 13.2 Å². The molecule has 6 nitrogen and oxygen atoms in total. The van der Waals surface area contributed by atoms with Gasteiger partial charge in [-0.15, -0.1) is 0 Å². The normalized spacial score (nSPS) is 12.8. The van der Waals surface area contributed by atoms with Gasteiger partial charge in [-0.25, -0.2) is 0 Å². The molecular formula is C62H120O6. The molecule has 6 heteroatoms. The van der Waals surface area contributed by atoms with Gasteiger partial charge in [-0.2, -0.15) is 0 Å². The Hall–Kier alpha value is -1.59. The number of hydrogen-bond donors (Lipinski definition) is 0. The SMILES string of the molecule is CCCCCCCCCCCCCCCCCCCCC(=O)O[C@H](COC(=O)CCCCCCCCCCCCCCCCC(C)CC)COC(=O)CCCCCCCCCCCCC(C)CC. The zero-order valence-electron chi connectivity index (χ0n) is 46.7. The Balaban J connectivity index is 4.30. The fraction of sp³-hybridized carbons (Fsp3) is 0.952. The molecule has 0 saturated carbocycles. The molecule has 3 atom stereocenters. The molecule has 0 aromatic heterocycles. The van der Waals surface area contributed by atoms with Gasteiger partial charge in [0.2, 0.25) is 0 Å². The largest absolute Gasteiger partial charge is 0.462 e. The topological polar surface area (TPSA) is 78.9 Å². The third-order valence-corrected chi connectivity index (χ3v) is 14.9. The van der Waals surface area contributed by atoms with Crippen molar-refractivity contribution in [3.8, 4) is 0 Å². The standard InChI is InChI=1S/C62H120O6/c1-6-9-10-11-12-13-14-15-16-17-18-19-24-27-34-39-44-49-54-62(65)68-59(56-67-61(64)53-48-43-38-33-29-28-31-36-41-46-51-58(5)8-3)55-66-60(63)52-47-42-37-32-26-23-21-20-22-25-30-35-40-45-50-57(4)7-2/h57-59H,6-56H2,1-5H3/t57?,58?,59-/m1/s1. The maximum Gasteiger partial charge on any atom is 0.306 e. The van der Waals surface area contributed by atoms with Crippen molar-refractivity contribution < 1.29 is 28.6 Å². The quantitative estimate of drug-likeness (QED) is 0.0343. The van der Waals surface area contributed by atoms with E-state index in [1.165, 1.54) is 238 Å². The van der Waals surface area contributed by atoms with E-state index in [9.17, 15) is 14.4 Å². The number of carbonyl (C=O) groups excluding carboxylic acids is 3. The van der Waals surface area contributed by atoms with Crippen molar-refractivity contribution in [2.45, 2.75) is 355 Å². The van der Waals surface area contributed by atoms with Crippen molar-refractivity contribution >= 4 is 17.9 Å². The summed E-state index contributed by atoms with van der Waals surface area (Å²) in [5.41, 5.74) is 0. The molecule has 0 N–H and O–H groups in total. The van der Waals surface area contributed by atoms with E-state index in [-0.39, 0.29) is 31.1 Å². The lowest BCUT2D eigenvalue weighted by molar-refractivity contribution is -0.167. The third-order valence-electron chi connectivity index (χ3n) is 14.9. The van der Waals surface area contributed by atoms with Crippen molar-refractivity contribution in [2.24, 2.45) is 11.8 Å². The van der Waals surface area contributed by atoms with Gasteiger partial charge in [0.05, 0.1) is 0 Å². The molecule has 0 amide bonds. The van der Waals surface area contributed by atoms with E-state index in [1.807, 2.05) is 0 Å². The van der Waals surface area contributed by atoms with Crippen LogP contribution in [-0.4, -0.2) is 37.2 Å². The second kappa shape index (κ2) is 54.7. The average Bonchev–Trinajstić information content (AvgIpc) is 3.34. The van der Waals surface area contributed by atoms with E-state index >= 15 is 0 Å². The molecule has 2 unspecified atom stereocenters. The average molecular weight is 962 g/mol. The lowest BCUT2D eigenvalue weighted by atomic mass is 9.99. The molecule has 0 aromatic carbocycles. The Morgan fingerprint density at radius 1 is 0.294 bits per heavy atom. The molecule has 68 heavy (non-hydrogen) atoms. The Kier molecular flexibility index (Phi) is 53.5. The summed E-state index contributed by atoms with van der Waals surface area (Å²) in [6.45, 7) is 11.5. The highest BCUT2D eigenvalue weighted by Crippen LogP contribution is 2.19. The van der Waals surface area contributed by atoms with E-state index in [0.29, 0.717) is 19.3 Å². The molecule has 0 aliphatic carbocycles. The molecule has 0 radical (unpaired) electrons. The first-order valence-corrected chi connectivity index (χ1v) is 30.8. The minimum atomic E-state index is -0.763. The van der Waals surface area contributed by atoms with Crippen molar-refractivity contribution in [2.75, 3.05) is 13.2 Å². The van der Waals surface area contributed by atoms with E-state index in [4.69, 9.17) is 14.2 Å². The van der Waals surface area contributed by atoms with Crippen molar-refractivity contribution in [1.82, 2.24) is 0 Å². The molecule has 0 spiro atoms. The number of carbonyl (C=O) groups is 3. The zero-order chi connectivity index (χ0) is 49.6. The van der Waals surface area contributed by atoms with Crippen LogP contribution < -0.4 is 0 Å². The Labute approximate surface area is 425 Å². The second-order valence-electron chi connectivity index (χ2n) is 21.8. The number of unbranched alkanes of at least 4 members (excludes halogenated alkanes) is 39. The smallest absolute Gasteiger partial charge is 0.306 e. The van der Waals surface area contributed by atoms with Gasteiger partial charge in [-0.1, -0.05) is 311 Å². The van der Waals surface area contributed by atoms with Crippen LogP contribution in [-0.2, 0) is 28.6 Å². The molecule has 404 valence electrons. The molecule has 0 fully saturated rings. The summed E-state index contributed by atoms with van der Waals surface area (Å²) in [7, 11) is 0. The summed E-state index contributed by atoms with van der Waals surface area (Å²) >= 11 is 0. The lowest BCUT2D eigenvalue weighted by Gasteiger charge is -2.18. The fourth-order valence-electron chi connectivity index (χ4n) is 9.52. The van der Waals surface area contributed by atoms with Crippen LogP contribution in [0.25, 0.3) is 0 Å². The Bertz CT molecular complexity index is 1040. The molecule has 0 aliphatic rings. The first-order chi connectivity index (χ1) is 33.3. The molecular weight excluding hydrogens is 841 g/mol. The highest BCUT2D eigenvalue weighted by atomic mass is 16.6. The van der Waals surface area contributed by atoms with Gasteiger partial charge in [-0.05, 0) is 31.1 Å². The van der Waals surface area contributed by atoms with Crippen LogP contribution in [0.1, 0.15) is 349 Å². The van der Waals surface area contributed by atoms with Gasteiger partial charge in [0.25, 0.3) is 0 Å². The molecule has 0 rings (SSSR count). The summed E-state index contributed by atoms with van der Waals surface area (Å²) in [5.74, 6) is 0.930. The Morgan fingerprint density at radius 2 is 0.515 bits per heavy atom. The first-order valence-electron chi connectivity index (χ1n) is 30.8.